The molecule has 7 nitrogen and oxygen atoms in total. The van der Waals surface area contributed by atoms with E-state index < -0.39 is 23.7 Å². The number of aliphatic imine (C=N–C) groups is 1. The van der Waals surface area contributed by atoms with Crippen LogP contribution < -0.4 is 16.4 Å². The molecule has 3 unspecified atom stereocenters. The molecule has 1 aromatic heterocycles. The number of fused-ring (bicyclic) bond motifs is 3. The van der Waals surface area contributed by atoms with E-state index in [1.54, 1.807) is 0 Å². The number of nitrogen functional groups attached to an aromatic ring is 1. The molecule has 10 heteroatoms. The fourth-order valence-electron chi connectivity index (χ4n) is 5.29. The van der Waals surface area contributed by atoms with Gasteiger partial charge in [-0.15, -0.1) is 11.3 Å². The number of anilines is 1. The Morgan fingerprint density at radius 1 is 1.30 bits per heavy atom. The lowest BCUT2D eigenvalue weighted by Gasteiger charge is -2.34. The van der Waals surface area contributed by atoms with Gasteiger partial charge in [-0.1, -0.05) is 6.92 Å². The van der Waals surface area contributed by atoms with Crippen molar-refractivity contribution in [3.63, 3.8) is 0 Å². The number of nitrogens with two attached hydrogens (primary N) is 1. The van der Waals surface area contributed by atoms with E-state index in [4.69, 9.17) is 15.5 Å². The number of thiophene rings is 1. The van der Waals surface area contributed by atoms with Crippen LogP contribution in [0.4, 0.5) is 13.8 Å². The van der Waals surface area contributed by atoms with Gasteiger partial charge in [0.25, 0.3) is 0 Å². The molecule has 0 radical (unpaired) electrons. The van der Waals surface area contributed by atoms with Crippen molar-refractivity contribution in [2.24, 2.45) is 10.9 Å². The maximum atomic E-state index is 16.3. The number of likely N-dealkylation sites (tertiary alicyclic amines) is 1. The molecule has 3 atom stereocenters. The topological polar surface area (TPSA) is 98.7 Å². The number of nitriles is 1. The number of hydrogen-bond donors (Lipinski definition) is 3. The molecule has 1 aliphatic carbocycles. The number of nitrogens with one attached hydrogen (secondary N) is 2. The van der Waals surface area contributed by atoms with Crippen LogP contribution in [-0.4, -0.2) is 43.2 Å². The quantitative estimate of drug-likeness (QED) is 0.585. The van der Waals surface area contributed by atoms with Crippen LogP contribution in [0.3, 0.4) is 0 Å². The van der Waals surface area contributed by atoms with Gasteiger partial charge in [0.2, 0.25) is 0 Å². The minimum absolute atomic E-state index is 0.180. The number of nitrogens with zero attached hydrogens (tertiary/aromatic N) is 3. The van der Waals surface area contributed by atoms with Crippen molar-refractivity contribution in [3.05, 3.63) is 56.5 Å². The van der Waals surface area contributed by atoms with Gasteiger partial charge in [-0.3, -0.25) is 0 Å². The normalized spacial score (nSPS) is 28.2. The molecule has 0 aromatic carbocycles. The van der Waals surface area contributed by atoms with E-state index in [0.29, 0.717) is 29.6 Å². The van der Waals surface area contributed by atoms with Crippen LogP contribution in [0.2, 0.25) is 0 Å². The van der Waals surface area contributed by atoms with Gasteiger partial charge in [0.05, 0.1) is 29.7 Å². The predicted octanol–water partition coefficient (Wildman–Crippen LogP) is 3.23. The summed E-state index contributed by atoms with van der Waals surface area (Å²) in [5.41, 5.74) is 9.30. The predicted molar refractivity (Wildman–Crippen MR) is 122 cm³/mol. The molecule has 1 fully saturated rings. The van der Waals surface area contributed by atoms with Crippen molar-refractivity contribution in [1.82, 2.24) is 15.5 Å². The van der Waals surface area contributed by atoms with Crippen LogP contribution in [0.25, 0.3) is 5.83 Å². The van der Waals surface area contributed by atoms with Crippen molar-refractivity contribution >= 4 is 28.1 Å². The van der Waals surface area contributed by atoms with Gasteiger partial charge in [-0.05, 0) is 23.5 Å². The first-order valence-corrected chi connectivity index (χ1v) is 11.7. The lowest BCUT2D eigenvalue weighted by molar-refractivity contribution is 0.205. The number of guanidine groups is 1. The van der Waals surface area contributed by atoms with Crippen molar-refractivity contribution < 1.29 is 13.5 Å². The molecule has 4 N–H and O–H groups in total. The van der Waals surface area contributed by atoms with E-state index in [0.717, 1.165) is 47.6 Å². The average molecular weight is 469 g/mol. The summed E-state index contributed by atoms with van der Waals surface area (Å²) in [5.74, 6) is 0.287. The van der Waals surface area contributed by atoms with E-state index in [9.17, 15) is 9.65 Å². The van der Waals surface area contributed by atoms with E-state index in [2.05, 4.69) is 28.5 Å². The van der Waals surface area contributed by atoms with E-state index >= 15 is 4.39 Å². The molecule has 0 bridgehead atoms. The monoisotopic (exact) mass is 468 g/mol. The lowest BCUT2D eigenvalue weighted by atomic mass is 9.79. The Hall–Kier alpha value is -3.16. The van der Waals surface area contributed by atoms with Crippen LogP contribution in [0, 0.1) is 17.2 Å². The van der Waals surface area contributed by atoms with E-state index in [-0.39, 0.29) is 22.0 Å². The molecule has 5 aliphatic rings. The Morgan fingerprint density at radius 3 is 2.88 bits per heavy atom. The molecule has 5 heterocycles. The molecule has 6 rings (SSSR count). The van der Waals surface area contributed by atoms with Gasteiger partial charge in [0.1, 0.15) is 22.9 Å². The minimum Gasteiger partial charge on any atom is -0.389 e. The Kier molecular flexibility index (Phi) is 4.61. The van der Waals surface area contributed by atoms with Gasteiger partial charge < -0.3 is 26.0 Å². The molecule has 170 valence electrons. The lowest BCUT2D eigenvalue weighted by Crippen LogP contribution is -2.42. The van der Waals surface area contributed by atoms with Crippen LogP contribution in [0.15, 0.2) is 45.5 Å². The Morgan fingerprint density at radius 2 is 2.12 bits per heavy atom. The van der Waals surface area contributed by atoms with Gasteiger partial charge >= 0.3 is 0 Å². The summed E-state index contributed by atoms with van der Waals surface area (Å²) in [5, 5.41) is 16.1. The molecule has 0 saturated carbocycles. The van der Waals surface area contributed by atoms with Crippen LogP contribution in [0.1, 0.15) is 35.4 Å². The van der Waals surface area contributed by atoms with Crippen LogP contribution in [0.5, 0.6) is 0 Å². The smallest absolute Gasteiger partial charge is 0.199 e. The second kappa shape index (κ2) is 7.43. The van der Waals surface area contributed by atoms with Gasteiger partial charge in [-0.25, -0.2) is 13.8 Å². The number of rotatable bonds is 1. The Labute approximate surface area is 193 Å². The second-order valence-corrected chi connectivity index (χ2v) is 9.99. The first-order chi connectivity index (χ1) is 16.0. The maximum Gasteiger partial charge on any atom is 0.199 e. The first-order valence-electron chi connectivity index (χ1n) is 10.9. The molecular weight excluding hydrogens is 446 g/mol. The van der Waals surface area contributed by atoms with Gasteiger partial charge in [0.15, 0.2) is 11.8 Å². The molecular formula is C23H22F2N6OS. The Bertz CT molecular complexity index is 1270. The molecule has 0 amide bonds. The summed E-state index contributed by atoms with van der Waals surface area (Å²) < 4.78 is 36.6. The molecule has 0 spiro atoms. The fourth-order valence-corrected chi connectivity index (χ4v) is 6.25. The number of hydrogen-bond acceptors (Lipinski definition) is 8. The molecule has 1 aromatic rings. The van der Waals surface area contributed by atoms with Crippen LogP contribution in [-0.2, 0) is 4.74 Å². The zero-order valence-electron chi connectivity index (χ0n) is 17.9. The number of ether oxygens (including phenoxy) is 1. The summed E-state index contributed by atoms with van der Waals surface area (Å²) in [4.78, 5) is 7.16. The highest BCUT2D eigenvalue weighted by molar-refractivity contribution is 7.17. The fraction of sp³-hybridized carbons (Fsp3) is 0.391. The maximum absolute atomic E-state index is 16.3. The largest absolute Gasteiger partial charge is 0.389 e. The first kappa shape index (κ1) is 20.4. The Balaban J connectivity index is 1.49. The second-order valence-electron chi connectivity index (χ2n) is 8.94. The van der Waals surface area contributed by atoms with Crippen molar-refractivity contribution in [2.75, 3.05) is 32.0 Å². The van der Waals surface area contributed by atoms with Crippen molar-refractivity contribution in [2.45, 2.75) is 25.4 Å². The van der Waals surface area contributed by atoms with E-state index in [1.165, 1.54) is 6.20 Å². The zero-order valence-corrected chi connectivity index (χ0v) is 18.7. The van der Waals surface area contributed by atoms with Crippen molar-refractivity contribution in [1.29, 1.82) is 5.26 Å². The summed E-state index contributed by atoms with van der Waals surface area (Å²) in [7, 11) is 0. The molecule has 33 heavy (non-hydrogen) atoms. The summed E-state index contributed by atoms with van der Waals surface area (Å²) in [6, 6.07) is 0.512. The highest BCUT2D eigenvalue weighted by atomic mass is 32.1. The van der Waals surface area contributed by atoms with Crippen LogP contribution >= 0.6 is 11.3 Å². The van der Waals surface area contributed by atoms with Gasteiger partial charge in [-0.2, -0.15) is 5.26 Å². The van der Waals surface area contributed by atoms with Gasteiger partial charge in [0, 0.05) is 42.2 Å². The van der Waals surface area contributed by atoms with E-state index in [1.807, 2.05) is 6.20 Å². The summed E-state index contributed by atoms with van der Waals surface area (Å²) in [6.07, 6.45) is 4.12. The molecule has 4 aliphatic heterocycles. The summed E-state index contributed by atoms with van der Waals surface area (Å²) >= 11 is 1.01. The average Bonchev–Trinajstić information content (AvgIpc) is 3.53. The highest BCUT2D eigenvalue weighted by Gasteiger charge is 2.43. The van der Waals surface area contributed by atoms with Crippen molar-refractivity contribution in [3.8, 4) is 6.07 Å². The standard InChI is InChI=1S/C23H22F2N6OS/c1-10-2-3-31(7-10)23-29-5-12-13-8-32-9-14(13)16(18(25)19(12)30-23)20-17-11(4-26)22(27)33-21(17)15(24)6-28-20/h5-6,10,19-20,28H,2-3,7-9,27H2,1H3,(H,29,30). The molecule has 1 saturated heterocycles. The third-order valence-electron chi connectivity index (χ3n) is 6.91. The zero-order chi connectivity index (χ0) is 22.9. The SMILES string of the molecule is CC1CCN(C2=NC3C(=CN2)C2=C(COC2)C(C2NC=C(F)c4sc(N)c(C#N)c42)=C3F)C1. The summed E-state index contributed by atoms with van der Waals surface area (Å²) in [6.45, 7) is 4.52. The third-order valence-corrected chi connectivity index (χ3v) is 7.95. The third kappa shape index (κ3) is 2.96. The number of halogens is 2. The highest BCUT2D eigenvalue weighted by Crippen LogP contribution is 2.50. The minimum atomic E-state index is -0.810.